The molecule has 1 heteroatoms. The predicted octanol–water partition coefficient (Wildman–Crippen LogP) is 5.79. The van der Waals surface area contributed by atoms with Crippen LogP contribution in [0.25, 0.3) is 0 Å². The molecule has 1 fully saturated rings. The van der Waals surface area contributed by atoms with Gasteiger partial charge in [0.05, 0.1) is 0 Å². The quantitative estimate of drug-likeness (QED) is 0.473. The topological polar surface area (TPSA) is 12.0 Å². The molecule has 20 heavy (non-hydrogen) atoms. The second-order valence-corrected chi connectivity index (χ2v) is 7.00. The molecule has 0 saturated heterocycles. The Hall–Kier alpha value is -0.0400. The largest absolute Gasteiger partial charge is 0.317 e. The Labute approximate surface area is 128 Å². The van der Waals surface area contributed by atoms with E-state index in [-0.39, 0.29) is 0 Å². The van der Waals surface area contributed by atoms with Crippen molar-refractivity contribution >= 4 is 0 Å². The van der Waals surface area contributed by atoms with Crippen molar-refractivity contribution in [3.8, 4) is 0 Å². The minimum atomic E-state index is 0.967. The highest BCUT2D eigenvalue weighted by Gasteiger charge is 2.29. The number of hydrogen-bond acceptors (Lipinski definition) is 1. The monoisotopic (exact) mass is 281 g/mol. The fourth-order valence-electron chi connectivity index (χ4n) is 4.06. The highest BCUT2D eigenvalue weighted by atomic mass is 14.8. The van der Waals surface area contributed by atoms with Crippen molar-refractivity contribution in [3.05, 3.63) is 0 Å². The summed E-state index contributed by atoms with van der Waals surface area (Å²) in [4.78, 5) is 0. The van der Waals surface area contributed by atoms with Gasteiger partial charge >= 0.3 is 0 Å². The smallest absolute Gasteiger partial charge is 0.00180 e. The van der Waals surface area contributed by atoms with Gasteiger partial charge in [0, 0.05) is 0 Å². The van der Waals surface area contributed by atoms with Gasteiger partial charge in [-0.2, -0.15) is 0 Å². The molecule has 1 aliphatic rings. The first kappa shape index (κ1) is 18.0. The van der Waals surface area contributed by atoms with Crippen LogP contribution in [0.4, 0.5) is 0 Å². The third kappa shape index (κ3) is 7.11. The Morgan fingerprint density at radius 3 is 2.30 bits per heavy atom. The van der Waals surface area contributed by atoms with Gasteiger partial charge in [0.2, 0.25) is 0 Å². The van der Waals surface area contributed by atoms with E-state index < -0.39 is 0 Å². The fourth-order valence-corrected chi connectivity index (χ4v) is 4.06. The van der Waals surface area contributed by atoms with E-state index in [9.17, 15) is 0 Å². The Morgan fingerprint density at radius 2 is 1.60 bits per heavy atom. The van der Waals surface area contributed by atoms with Gasteiger partial charge in [-0.25, -0.2) is 0 Å². The maximum Gasteiger partial charge on any atom is -0.00180 e. The Morgan fingerprint density at radius 1 is 0.800 bits per heavy atom. The molecule has 1 rings (SSSR count). The van der Waals surface area contributed by atoms with Gasteiger partial charge in [0.25, 0.3) is 0 Å². The van der Waals surface area contributed by atoms with Gasteiger partial charge in [-0.3, -0.25) is 0 Å². The summed E-state index contributed by atoms with van der Waals surface area (Å²) in [6, 6.07) is 0. The van der Waals surface area contributed by atoms with Gasteiger partial charge in [-0.15, -0.1) is 0 Å². The Bertz CT molecular complexity index is 214. The van der Waals surface area contributed by atoms with Crippen LogP contribution in [-0.4, -0.2) is 13.1 Å². The Balaban J connectivity index is 2.32. The molecule has 0 bridgehead atoms. The van der Waals surface area contributed by atoms with Gasteiger partial charge in [-0.05, 0) is 43.7 Å². The zero-order valence-electron chi connectivity index (χ0n) is 14.4. The molecule has 3 unspecified atom stereocenters. The van der Waals surface area contributed by atoms with Crippen molar-refractivity contribution < 1.29 is 0 Å². The minimum absolute atomic E-state index is 0.967. The molecule has 1 N–H and O–H groups in total. The van der Waals surface area contributed by atoms with Crippen molar-refractivity contribution in [2.24, 2.45) is 17.8 Å². The fraction of sp³-hybridized carbons (Fsp3) is 1.00. The van der Waals surface area contributed by atoms with E-state index in [0.717, 1.165) is 24.3 Å². The van der Waals surface area contributed by atoms with E-state index >= 15 is 0 Å². The lowest BCUT2D eigenvalue weighted by molar-refractivity contribution is 0.157. The summed E-state index contributed by atoms with van der Waals surface area (Å²) < 4.78 is 0. The summed E-state index contributed by atoms with van der Waals surface area (Å²) in [7, 11) is 0. The molecule has 0 heterocycles. The molecule has 3 atom stereocenters. The van der Waals surface area contributed by atoms with Crippen molar-refractivity contribution in [3.63, 3.8) is 0 Å². The van der Waals surface area contributed by atoms with E-state index in [1.54, 1.807) is 0 Å². The highest BCUT2D eigenvalue weighted by molar-refractivity contribution is 4.81. The number of nitrogens with one attached hydrogen (secondary N) is 1. The molecule has 0 aliphatic heterocycles. The van der Waals surface area contributed by atoms with Crippen LogP contribution in [0.1, 0.15) is 91.4 Å². The van der Waals surface area contributed by atoms with Crippen LogP contribution in [0, 0.1) is 17.8 Å². The average Bonchev–Trinajstić information content (AvgIpc) is 2.46. The molecule has 0 amide bonds. The van der Waals surface area contributed by atoms with Crippen LogP contribution in [0.2, 0.25) is 0 Å². The Kier molecular flexibility index (Phi) is 10.4. The summed E-state index contributed by atoms with van der Waals surface area (Å²) in [6.07, 6.45) is 16.1. The second kappa shape index (κ2) is 11.6. The van der Waals surface area contributed by atoms with E-state index in [1.807, 2.05) is 0 Å². The van der Waals surface area contributed by atoms with Crippen LogP contribution in [0.3, 0.4) is 0 Å². The van der Waals surface area contributed by atoms with E-state index in [2.05, 4.69) is 26.1 Å². The summed E-state index contributed by atoms with van der Waals surface area (Å²) in [5.41, 5.74) is 0. The van der Waals surface area contributed by atoms with Crippen LogP contribution < -0.4 is 5.32 Å². The lowest BCUT2D eigenvalue weighted by atomic mass is 9.71. The maximum atomic E-state index is 3.61. The van der Waals surface area contributed by atoms with E-state index in [4.69, 9.17) is 0 Å². The summed E-state index contributed by atoms with van der Waals surface area (Å²) in [5.74, 6) is 3.02. The van der Waals surface area contributed by atoms with Gasteiger partial charge < -0.3 is 5.32 Å². The van der Waals surface area contributed by atoms with Crippen molar-refractivity contribution in [1.82, 2.24) is 5.32 Å². The first-order valence-electron chi connectivity index (χ1n) is 9.52. The minimum Gasteiger partial charge on any atom is -0.317 e. The van der Waals surface area contributed by atoms with Gasteiger partial charge in [-0.1, -0.05) is 78.6 Å². The lowest BCUT2D eigenvalue weighted by Crippen LogP contribution is -2.33. The highest BCUT2D eigenvalue weighted by Crippen LogP contribution is 2.38. The SMILES string of the molecule is CCCCCCCC1CC(CCC)CCC1CNCC. The van der Waals surface area contributed by atoms with Gasteiger partial charge in [0.15, 0.2) is 0 Å². The molecule has 0 aromatic rings. The molecule has 0 aromatic carbocycles. The van der Waals surface area contributed by atoms with Crippen molar-refractivity contribution in [2.75, 3.05) is 13.1 Å². The predicted molar refractivity (Wildman–Crippen MR) is 91.1 cm³/mol. The standard InChI is InChI=1S/C19H39N/c1-4-7-8-9-10-12-18-15-17(11-5-2)13-14-19(18)16-20-6-3/h17-20H,4-16H2,1-3H3. The first-order chi connectivity index (χ1) is 9.81. The molecule has 0 spiro atoms. The first-order valence-corrected chi connectivity index (χ1v) is 9.52. The van der Waals surface area contributed by atoms with E-state index in [0.29, 0.717) is 0 Å². The molecule has 1 nitrogen and oxygen atoms in total. The zero-order valence-corrected chi connectivity index (χ0v) is 14.4. The molecular weight excluding hydrogens is 242 g/mol. The van der Waals surface area contributed by atoms with Crippen LogP contribution in [0.5, 0.6) is 0 Å². The summed E-state index contributed by atoms with van der Waals surface area (Å²) in [6.45, 7) is 9.31. The summed E-state index contributed by atoms with van der Waals surface area (Å²) in [5, 5.41) is 3.61. The van der Waals surface area contributed by atoms with Gasteiger partial charge in [0.1, 0.15) is 0 Å². The molecular formula is C19H39N. The molecule has 1 aliphatic carbocycles. The summed E-state index contributed by atoms with van der Waals surface area (Å²) >= 11 is 0. The zero-order chi connectivity index (χ0) is 14.6. The number of rotatable bonds is 11. The normalized spacial score (nSPS) is 26.9. The average molecular weight is 282 g/mol. The van der Waals surface area contributed by atoms with Crippen LogP contribution in [-0.2, 0) is 0 Å². The molecule has 0 aromatic heterocycles. The number of unbranched alkanes of at least 4 members (excludes halogenated alkanes) is 4. The van der Waals surface area contributed by atoms with Crippen LogP contribution in [0.15, 0.2) is 0 Å². The van der Waals surface area contributed by atoms with Crippen LogP contribution >= 0.6 is 0 Å². The van der Waals surface area contributed by atoms with Crippen molar-refractivity contribution in [2.45, 2.75) is 91.4 Å². The lowest BCUT2D eigenvalue weighted by Gasteiger charge is -2.36. The third-order valence-electron chi connectivity index (χ3n) is 5.28. The third-order valence-corrected chi connectivity index (χ3v) is 5.28. The number of hydrogen-bond donors (Lipinski definition) is 1. The second-order valence-electron chi connectivity index (χ2n) is 7.00. The van der Waals surface area contributed by atoms with Crippen molar-refractivity contribution in [1.29, 1.82) is 0 Å². The van der Waals surface area contributed by atoms with E-state index in [1.165, 1.54) is 77.2 Å². The molecule has 1 saturated carbocycles. The molecule has 120 valence electrons. The molecule has 0 radical (unpaired) electrons. The maximum absolute atomic E-state index is 3.61.